The molecule has 1 N–H and O–H groups in total. The number of imide groups is 1. The number of aromatic nitrogens is 1. The second-order valence-corrected chi connectivity index (χ2v) is 10.0. The molecule has 0 radical (unpaired) electrons. The maximum atomic E-state index is 12.4. The molecule has 174 valence electrons. The van der Waals surface area contributed by atoms with Crippen LogP contribution >= 0.6 is 35.8 Å². The van der Waals surface area contributed by atoms with Crippen molar-refractivity contribution in [2.75, 3.05) is 31.1 Å². The minimum atomic E-state index is -0.330. The van der Waals surface area contributed by atoms with E-state index in [1.165, 1.54) is 11.1 Å². The largest absolute Gasteiger partial charge is 0.366 e. The van der Waals surface area contributed by atoms with Gasteiger partial charge < -0.3 is 4.90 Å². The van der Waals surface area contributed by atoms with Crippen molar-refractivity contribution in [1.29, 1.82) is 0 Å². The summed E-state index contributed by atoms with van der Waals surface area (Å²) in [5.74, 6) is -0.415. The first-order valence-corrected chi connectivity index (χ1v) is 12.3. The predicted octanol–water partition coefficient (Wildman–Crippen LogP) is 3.26. The summed E-state index contributed by atoms with van der Waals surface area (Å²) in [6.45, 7) is 4.93. The van der Waals surface area contributed by atoms with Crippen LogP contribution in [0.2, 0.25) is 10.0 Å². The number of nitrogens with zero attached hydrogens (tertiary/aromatic N) is 4. The average Bonchev–Trinajstić information content (AvgIpc) is 3.12. The van der Waals surface area contributed by atoms with E-state index in [2.05, 4.69) is 43.2 Å². The molecule has 4 heterocycles. The van der Waals surface area contributed by atoms with Crippen molar-refractivity contribution >= 4 is 53.3 Å². The van der Waals surface area contributed by atoms with Crippen LogP contribution in [0.15, 0.2) is 30.6 Å². The molecule has 2 unspecified atom stereocenters. The van der Waals surface area contributed by atoms with Gasteiger partial charge >= 0.3 is 0 Å². The fraction of sp³-hybridized carbons (Fsp3) is 0.435. The number of rotatable bonds is 4. The van der Waals surface area contributed by atoms with Crippen LogP contribution in [0.3, 0.4) is 0 Å². The highest BCUT2D eigenvalue weighted by molar-refractivity contribution is 7.80. The summed E-state index contributed by atoms with van der Waals surface area (Å²) < 4.78 is 0. The normalized spacial score (nSPS) is 24.2. The van der Waals surface area contributed by atoms with E-state index in [4.69, 9.17) is 35.8 Å². The molecule has 1 aromatic heterocycles. The number of hydrogen-bond acceptors (Lipinski definition) is 7. The van der Waals surface area contributed by atoms with Crippen molar-refractivity contribution in [3.8, 4) is 0 Å². The molecule has 2 atom stereocenters. The number of anilines is 1. The Hall–Kier alpha value is -1.84. The number of amides is 2. The maximum absolute atomic E-state index is 12.4. The van der Waals surface area contributed by atoms with Crippen LogP contribution in [0.5, 0.6) is 0 Å². The van der Waals surface area contributed by atoms with E-state index in [1.807, 2.05) is 0 Å². The molecule has 5 rings (SSSR count). The Morgan fingerprint density at radius 1 is 1.09 bits per heavy atom. The molecule has 0 saturated carbocycles. The third-order valence-corrected chi connectivity index (χ3v) is 7.89. The van der Waals surface area contributed by atoms with E-state index in [-0.39, 0.29) is 23.2 Å². The van der Waals surface area contributed by atoms with E-state index in [0.29, 0.717) is 29.4 Å². The third kappa shape index (κ3) is 4.47. The lowest BCUT2D eigenvalue weighted by Crippen LogP contribution is -2.51. The average molecular weight is 506 g/mol. The summed E-state index contributed by atoms with van der Waals surface area (Å²) in [6.07, 6.45) is 4.16. The number of fused-ring (bicyclic) bond motifs is 1. The van der Waals surface area contributed by atoms with E-state index in [9.17, 15) is 9.59 Å². The lowest BCUT2D eigenvalue weighted by atomic mass is 10.0. The molecule has 2 saturated heterocycles. The maximum Gasteiger partial charge on any atom is 0.243 e. The van der Waals surface area contributed by atoms with Gasteiger partial charge in [-0.1, -0.05) is 41.4 Å². The molecule has 2 fully saturated rings. The number of thiol groups is 1. The van der Waals surface area contributed by atoms with Crippen LogP contribution in [0.25, 0.3) is 0 Å². The van der Waals surface area contributed by atoms with E-state index < -0.39 is 0 Å². The number of carbonyl (C=O) groups excluding carboxylic acids is 2. The molecule has 3 aliphatic rings. The van der Waals surface area contributed by atoms with Gasteiger partial charge in [-0.3, -0.25) is 29.7 Å². The van der Waals surface area contributed by atoms with Crippen LogP contribution in [-0.2, 0) is 22.7 Å². The summed E-state index contributed by atoms with van der Waals surface area (Å²) in [5, 5.41) is 3.46. The molecule has 1 aromatic carbocycles. The first kappa shape index (κ1) is 22.9. The minimum absolute atomic E-state index is 0.156. The molecule has 7 nitrogen and oxygen atoms in total. The van der Waals surface area contributed by atoms with Crippen molar-refractivity contribution in [3.63, 3.8) is 0 Å². The predicted molar refractivity (Wildman–Crippen MR) is 132 cm³/mol. The zero-order chi connectivity index (χ0) is 23.1. The van der Waals surface area contributed by atoms with Gasteiger partial charge in [0.2, 0.25) is 11.8 Å². The van der Waals surface area contributed by atoms with Gasteiger partial charge in [0.15, 0.2) is 0 Å². The molecule has 0 bridgehead atoms. The third-order valence-electron chi connectivity index (χ3n) is 6.76. The number of halogens is 2. The smallest absolute Gasteiger partial charge is 0.243 e. The number of pyridine rings is 1. The van der Waals surface area contributed by atoms with Crippen molar-refractivity contribution in [2.45, 2.75) is 37.3 Å². The first-order chi connectivity index (χ1) is 15.9. The molecule has 10 heteroatoms. The van der Waals surface area contributed by atoms with Crippen molar-refractivity contribution < 1.29 is 9.59 Å². The van der Waals surface area contributed by atoms with Crippen LogP contribution in [0.1, 0.15) is 34.9 Å². The monoisotopic (exact) mass is 505 g/mol. The van der Waals surface area contributed by atoms with Gasteiger partial charge in [-0.2, -0.15) is 12.6 Å². The highest BCUT2D eigenvalue weighted by Gasteiger charge is 2.39. The summed E-state index contributed by atoms with van der Waals surface area (Å²) in [5.41, 5.74) is 4.50. The number of benzene rings is 1. The number of hydrogen-bond donors (Lipinski definition) is 2. The fourth-order valence-corrected chi connectivity index (χ4v) is 6.13. The SMILES string of the molecule is O=C1CCC(N2Cc3c(CN4CCN(c5c(Cl)cncc5Cl)CC4)cccc3C2S)C(=O)N1. The molecule has 2 aromatic rings. The topological polar surface area (TPSA) is 68.8 Å². The van der Waals surface area contributed by atoms with Crippen molar-refractivity contribution in [3.05, 3.63) is 57.3 Å². The van der Waals surface area contributed by atoms with Gasteiger partial charge in [0, 0.05) is 58.1 Å². The molecule has 3 aliphatic heterocycles. The Morgan fingerprint density at radius 2 is 1.82 bits per heavy atom. The van der Waals surface area contributed by atoms with Crippen LogP contribution < -0.4 is 10.2 Å². The van der Waals surface area contributed by atoms with E-state index in [0.717, 1.165) is 44.0 Å². The second-order valence-electron chi connectivity index (χ2n) is 8.71. The number of piperazine rings is 1. The molecule has 2 amide bonds. The Kier molecular flexibility index (Phi) is 6.55. The standard InChI is InChI=1S/C23H25Cl2N5O2S/c24-17-10-26-11-18(25)21(17)29-8-6-28(7-9-29)12-14-2-1-3-15-16(14)13-30(23(15)33)19-4-5-20(31)27-22(19)32/h1-3,10-11,19,23,33H,4-9,12-13H2,(H,27,31,32). The lowest BCUT2D eigenvalue weighted by Gasteiger charge is -2.37. The summed E-state index contributed by atoms with van der Waals surface area (Å²) in [7, 11) is 0. The fourth-order valence-electron chi connectivity index (χ4n) is 5.04. The molecular weight excluding hydrogens is 481 g/mol. The minimum Gasteiger partial charge on any atom is -0.366 e. The Balaban J connectivity index is 1.27. The van der Waals surface area contributed by atoms with Gasteiger partial charge in [0.25, 0.3) is 0 Å². The second kappa shape index (κ2) is 9.43. The van der Waals surface area contributed by atoms with Crippen LogP contribution in [-0.4, -0.2) is 58.8 Å². The Bertz CT molecular complexity index is 1070. The van der Waals surface area contributed by atoms with Crippen molar-refractivity contribution in [2.24, 2.45) is 0 Å². The molecule has 0 spiro atoms. The first-order valence-electron chi connectivity index (χ1n) is 11.1. The number of nitrogens with one attached hydrogen (secondary N) is 1. The summed E-state index contributed by atoms with van der Waals surface area (Å²) in [6, 6.07) is 5.99. The number of piperidine rings is 1. The van der Waals surface area contributed by atoms with E-state index in [1.54, 1.807) is 12.4 Å². The van der Waals surface area contributed by atoms with Gasteiger partial charge in [-0.15, -0.1) is 0 Å². The highest BCUT2D eigenvalue weighted by Crippen LogP contribution is 2.41. The van der Waals surface area contributed by atoms with E-state index >= 15 is 0 Å². The number of carbonyl (C=O) groups is 2. The Labute approximate surface area is 208 Å². The lowest BCUT2D eigenvalue weighted by molar-refractivity contribution is -0.137. The summed E-state index contributed by atoms with van der Waals surface area (Å²) >= 11 is 17.5. The van der Waals surface area contributed by atoms with Gasteiger partial charge in [0.1, 0.15) is 0 Å². The quantitative estimate of drug-likeness (QED) is 0.490. The summed E-state index contributed by atoms with van der Waals surface area (Å²) in [4.78, 5) is 34.8. The molecular formula is C23H25Cl2N5O2S. The zero-order valence-electron chi connectivity index (χ0n) is 18.0. The Morgan fingerprint density at radius 3 is 2.52 bits per heavy atom. The highest BCUT2D eigenvalue weighted by atomic mass is 35.5. The van der Waals surface area contributed by atoms with Crippen LogP contribution in [0.4, 0.5) is 5.69 Å². The van der Waals surface area contributed by atoms with Gasteiger partial charge in [-0.05, 0) is 23.1 Å². The zero-order valence-corrected chi connectivity index (χ0v) is 20.4. The van der Waals surface area contributed by atoms with Gasteiger partial charge in [0.05, 0.1) is 27.1 Å². The van der Waals surface area contributed by atoms with Crippen molar-refractivity contribution in [1.82, 2.24) is 20.1 Å². The molecule has 33 heavy (non-hydrogen) atoms. The molecule has 0 aliphatic carbocycles. The van der Waals surface area contributed by atoms with Crippen LogP contribution in [0, 0.1) is 0 Å². The van der Waals surface area contributed by atoms with Gasteiger partial charge in [-0.25, -0.2) is 0 Å².